The van der Waals surface area contributed by atoms with E-state index >= 15 is 0 Å². The second kappa shape index (κ2) is 19.4. The monoisotopic (exact) mass is 652 g/mol. The second-order valence-corrected chi connectivity index (χ2v) is 10.1. The normalized spacial score (nSPS) is 10.5. The number of ether oxygens (including phenoxy) is 4. The van der Waals surface area contributed by atoms with E-state index in [0.717, 1.165) is 11.1 Å². The Morgan fingerprint density at radius 3 is 1.50 bits per heavy atom. The highest BCUT2D eigenvalue weighted by atomic mass is 16.6. The molecule has 2 N–H and O–H groups in total. The van der Waals surface area contributed by atoms with Gasteiger partial charge in [0, 0.05) is 38.8 Å². The Labute approximate surface area is 278 Å². The maximum Gasteiger partial charge on any atom is 0.330 e. The number of rotatable bonds is 12. The minimum Gasteiger partial charge on any atom is -0.504 e. The van der Waals surface area contributed by atoms with Crippen LogP contribution in [0.15, 0.2) is 109 Å². The van der Waals surface area contributed by atoms with E-state index in [-0.39, 0.29) is 29.6 Å². The average molecular weight is 653 g/mol. The Hall–Kier alpha value is -6.16. The molecule has 10 nitrogen and oxygen atoms in total. The molecular weight excluding hydrogens is 616 g/mol. The maximum atomic E-state index is 11.8. The number of benzene rings is 4. The van der Waals surface area contributed by atoms with Crippen LogP contribution < -0.4 is 9.47 Å². The van der Waals surface area contributed by atoms with Crippen molar-refractivity contribution in [1.29, 1.82) is 0 Å². The first kappa shape index (κ1) is 36.3. The molecule has 0 aliphatic rings. The summed E-state index contributed by atoms with van der Waals surface area (Å²) < 4.78 is 20.3. The molecule has 0 heterocycles. The van der Waals surface area contributed by atoms with Crippen LogP contribution in [0.25, 0.3) is 12.2 Å². The predicted octanol–water partition coefficient (Wildman–Crippen LogP) is 6.23. The zero-order chi connectivity index (χ0) is 34.7. The fraction of sp³-hybridized carbons (Fsp3) is 0.158. The van der Waals surface area contributed by atoms with E-state index in [1.54, 1.807) is 12.1 Å². The van der Waals surface area contributed by atoms with Gasteiger partial charge in [0.25, 0.3) is 0 Å². The lowest BCUT2D eigenvalue weighted by molar-refractivity contribution is -0.138. The molecule has 4 aromatic carbocycles. The van der Waals surface area contributed by atoms with Crippen molar-refractivity contribution >= 4 is 36.0 Å². The van der Waals surface area contributed by atoms with Crippen molar-refractivity contribution in [2.75, 3.05) is 13.2 Å². The van der Waals surface area contributed by atoms with Gasteiger partial charge in [-0.1, -0.05) is 72.8 Å². The van der Waals surface area contributed by atoms with Crippen molar-refractivity contribution in [2.45, 2.75) is 26.7 Å². The van der Waals surface area contributed by atoms with Gasteiger partial charge in [-0.15, -0.1) is 0 Å². The number of phenolic OH excluding ortho intramolecular Hbond substituents is 2. The van der Waals surface area contributed by atoms with Gasteiger partial charge in [0.05, 0.1) is 13.2 Å². The summed E-state index contributed by atoms with van der Waals surface area (Å²) in [6.45, 7) is 3.08. The fourth-order valence-corrected chi connectivity index (χ4v) is 4.00. The van der Waals surface area contributed by atoms with E-state index in [2.05, 4.69) is 0 Å². The number of aromatic hydroxyl groups is 2. The Balaban J connectivity index is 0.000000269. The summed E-state index contributed by atoms with van der Waals surface area (Å²) in [5.41, 5.74) is 3.38. The number of esters is 4. The zero-order valence-corrected chi connectivity index (χ0v) is 26.5. The van der Waals surface area contributed by atoms with Gasteiger partial charge in [0.15, 0.2) is 23.0 Å². The molecule has 0 aromatic heterocycles. The smallest absolute Gasteiger partial charge is 0.330 e. The molecule has 0 aliphatic carbocycles. The third-order valence-electron chi connectivity index (χ3n) is 6.25. The van der Waals surface area contributed by atoms with Crippen LogP contribution in [0.2, 0.25) is 0 Å². The van der Waals surface area contributed by atoms with Gasteiger partial charge in [-0.3, -0.25) is 9.59 Å². The summed E-state index contributed by atoms with van der Waals surface area (Å²) in [5.74, 6) is -2.22. The van der Waals surface area contributed by atoms with Crippen molar-refractivity contribution in [1.82, 2.24) is 0 Å². The van der Waals surface area contributed by atoms with Gasteiger partial charge >= 0.3 is 23.9 Å². The van der Waals surface area contributed by atoms with Crippen LogP contribution in [0, 0.1) is 0 Å². The molecule has 0 unspecified atom stereocenters. The van der Waals surface area contributed by atoms with Crippen molar-refractivity contribution in [2.24, 2.45) is 0 Å². The number of hydrogen-bond donors (Lipinski definition) is 2. The van der Waals surface area contributed by atoms with Gasteiger partial charge in [-0.25, -0.2) is 9.59 Å². The Bertz CT molecular complexity index is 1730. The van der Waals surface area contributed by atoms with Gasteiger partial charge in [-0.2, -0.15) is 0 Å². The predicted molar refractivity (Wildman–Crippen MR) is 179 cm³/mol. The molecule has 0 spiro atoms. The summed E-state index contributed by atoms with van der Waals surface area (Å²) in [5, 5.41) is 18.5. The molecule has 0 amide bonds. The van der Waals surface area contributed by atoms with Crippen molar-refractivity contribution in [3.05, 3.63) is 131 Å². The SMILES string of the molecule is CC(=O)Oc1ccc(/C=C/C(=O)OCCc2ccccc2)cc1OC(C)=O.O=C(/C=C/c1ccc(O)c(O)c1)OCCc1ccccc1. The molecule has 0 saturated heterocycles. The van der Waals surface area contributed by atoms with E-state index in [1.165, 1.54) is 62.4 Å². The van der Waals surface area contributed by atoms with Crippen LogP contribution in [-0.2, 0) is 41.5 Å². The molecule has 10 heteroatoms. The minimum atomic E-state index is -0.551. The van der Waals surface area contributed by atoms with Crippen LogP contribution >= 0.6 is 0 Å². The lowest BCUT2D eigenvalue weighted by Crippen LogP contribution is -2.07. The van der Waals surface area contributed by atoms with Gasteiger partial charge < -0.3 is 29.2 Å². The maximum absolute atomic E-state index is 11.8. The quantitative estimate of drug-likeness (QED) is 0.0781. The van der Waals surface area contributed by atoms with Crippen LogP contribution in [0.5, 0.6) is 23.0 Å². The number of carbonyl (C=O) groups is 4. The lowest BCUT2D eigenvalue weighted by Gasteiger charge is -2.09. The Morgan fingerprint density at radius 1 is 0.562 bits per heavy atom. The third-order valence-corrected chi connectivity index (χ3v) is 6.25. The lowest BCUT2D eigenvalue weighted by atomic mass is 10.2. The van der Waals surface area contributed by atoms with Gasteiger partial charge in [0.2, 0.25) is 0 Å². The molecule has 4 aromatic rings. The van der Waals surface area contributed by atoms with Crippen LogP contribution in [0.3, 0.4) is 0 Å². The molecule has 248 valence electrons. The van der Waals surface area contributed by atoms with E-state index in [0.29, 0.717) is 30.6 Å². The van der Waals surface area contributed by atoms with E-state index in [9.17, 15) is 29.4 Å². The number of phenols is 2. The molecule has 0 radical (unpaired) electrons. The topological polar surface area (TPSA) is 146 Å². The van der Waals surface area contributed by atoms with Gasteiger partial charge in [0.1, 0.15) is 0 Å². The number of hydrogen-bond acceptors (Lipinski definition) is 10. The molecule has 0 atom stereocenters. The van der Waals surface area contributed by atoms with Crippen LogP contribution in [0.4, 0.5) is 0 Å². The highest BCUT2D eigenvalue weighted by Gasteiger charge is 2.11. The summed E-state index contributed by atoms with van der Waals surface area (Å²) in [7, 11) is 0. The highest BCUT2D eigenvalue weighted by Crippen LogP contribution is 2.29. The first-order valence-corrected chi connectivity index (χ1v) is 14.9. The van der Waals surface area contributed by atoms with Crippen LogP contribution in [-0.4, -0.2) is 47.3 Å². The van der Waals surface area contributed by atoms with E-state index in [4.69, 9.17) is 18.9 Å². The van der Waals surface area contributed by atoms with Crippen molar-refractivity contribution in [3.8, 4) is 23.0 Å². The molecule has 4 rings (SSSR count). The Morgan fingerprint density at radius 2 is 1.02 bits per heavy atom. The third kappa shape index (κ3) is 13.9. The van der Waals surface area contributed by atoms with E-state index < -0.39 is 23.9 Å². The first-order valence-electron chi connectivity index (χ1n) is 14.9. The van der Waals surface area contributed by atoms with Crippen LogP contribution in [0.1, 0.15) is 36.1 Å². The Kier molecular flexibility index (Phi) is 14.7. The molecule has 48 heavy (non-hydrogen) atoms. The standard InChI is InChI=1S/C21H20O6.C17H16O4/c1-15(22)26-19-10-8-18(14-20(19)27-16(2)23)9-11-21(24)25-13-12-17-6-4-3-5-7-17;18-15-8-6-14(12-16(15)19)7-9-17(20)21-11-10-13-4-2-1-3-5-13/h3-11,14H,12-13H2,1-2H3;1-9,12,18-19H,10-11H2/b11-9+;9-7+. The molecule has 0 fully saturated rings. The molecule has 0 saturated carbocycles. The second-order valence-electron chi connectivity index (χ2n) is 10.1. The van der Waals surface area contributed by atoms with E-state index in [1.807, 2.05) is 60.7 Å². The molecular formula is C38H36O10. The summed E-state index contributed by atoms with van der Waals surface area (Å²) >= 11 is 0. The minimum absolute atomic E-state index is 0.0947. The largest absolute Gasteiger partial charge is 0.504 e. The first-order chi connectivity index (χ1) is 23.1. The summed E-state index contributed by atoms with van der Waals surface area (Å²) in [6, 6.07) is 28.4. The van der Waals surface area contributed by atoms with Gasteiger partial charge in [-0.05, 0) is 58.7 Å². The number of carbonyl (C=O) groups excluding carboxylic acids is 4. The average Bonchev–Trinajstić information content (AvgIpc) is 3.06. The highest BCUT2D eigenvalue weighted by molar-refractivity contribution is 5.88. The van der Waals surface area contributed by atoms with Crippen molar-refractivity contribution < 1.29 is 48.3 Å². The molecule has 0 bridgehead atoms. The zero-order valence-electron chi connectivity index (χ0n) is 26.5. The molecule has 0 aliphatic heterocycles. The summed E-state index contributed by atoms with van der Waals surface area (Å²) in [4.78, 5) is 45.7. The van der Waals surface area contributed by atoms with Crippen molar-refractivity contribution in [3.63, 3.8) is 0 Å². The summed E-state index contributed by atoms with van der Waals surface area (Å²) in [6.07, 6.45) is 6.91. The fourth-order valence-electron chi connectivity index (χ4n) is 4.00.